The molecule has 1 N–H and O–H groups in total. The molecule has 2 atom stereocenters. The second-order valence-corrected chi connectivity index (χ2v) is 4.84. The Morgan fingerprint density at radius 1 is 1.21 bits per heavy atom. The Balaban J connectivity index is 2.01. The lowest BCUT2D eigenvalue weighted by Gasteiger charge is -2.53. The fraction of sp³-hybridized carbons (Fsp3) is 1.00. The van der Waals surface area contributed by atoms with Crippen LogP contribution in [0.25, 0.3) is 0 Å². The van der Waals surface area contributed by atoms with E-state index < -0.39 is 0 Å². The van der Waals surface area contributed by atoms with Gasteiger partial charge in [-0.1, -0.05) is 25.7 Å². The van der Waals surface area contributed by atoms with E-state index in [9.17, 15) is 5.11 Å². The van der Waals surface area contributed by atoms with Crippen LogP contribution >= 0.6 is 0 Å². The van der Waals surface area contributed by atoms with E-state index in [0.29, 0.717) is 6.10 Å². The average molecular weight is 198 g/mol. The van der Waals surface area contributed by atoms with Gasteiger partial charge in [-0.25, -0.2) is 0 Å². The normalized spacial score (nSPS) is 36.4. The van der Waals surface area contributed by atoms with Crippen LogP contribution in [-0.4, -0.2) is 23.9 Å². The van der Waals surface area contributed by atoms with E-state index >= 15 is 0 Å². The first kappa shape index (κ1) is 10.4. The molecule has 2 aliphatic rings. The highest BCUT2D eigenvalue weighted by molar-refractivity contribution is 5.04. The first-order valence-electron chi connectivity index (χ1n) is 6.09. The van der Waals surface area contributed by atoms with Crippen molar-refractivity contribution in [3.8, 4) is 0 Å². The molecule has 2 unspecified atom stereocenters. The molecule has 2 saturated carbocycles. The van der Waals surface area contributed by atoms with Crippen molar-refractivity contribution in [1.29, 1.82) is 0 Å². The van der Waals surface area contributed by atoms with Crippen molar-refractivity contribution in [3.05, 3.63) is 0 Å². The van der Waals surface area contributed by atoms with Gasteiger partial charge >= 0.3 is 0 Å². The summed E-state index contributed by atoms with van der Waals surface area (Å²) in [6.45, 7) is 2.84. The molecular weight excluding hydrogens is 176 g/mol. The first-order chi connectivity index (χ1) is 6.79. The van der Waals surface area contributed by atoms with Crippen molar-refractivity contribution in [3.63, 3.8) is 0 Å². The molecule has 0 heterocycles. The summed E-state index contributed by atoms with van der Waals surface area (Å²) in [5.74, 6) is 0. The molecule has 0 saturated heterocycles. The molecule has 2 nitrogen and oxygen atoms in total. The molecule has 2 heteroatoms. The number of hydrogen-bond donors (Lipinski definition) is 1. The van der Waals surface area contributed by atoms with Crippen molar-refractivity contribution >= 4 is 0 Å². The minimum absolute atomic E-state index is 0.0860. The van der Waals surface area contributed by atoms with Gasteiger partial charge in [-0.3, -0.25) is 0 Å². The zero-order valence-corrected chi connectivity index (χ0v) is 9.17. The van der Waals surface area contributed by atoms with Gasteiger partial charge in [0.2, 0.25) is 0 Å². The van der Waals surface area contributed by atoms with Crippen molar-refractivity contribution < 1.29 is 9.84 Å². The van der Waals surface area contributed by atoms with Gasteiger partial charge in [0.05, 0.1) is 12.2 Å². The third-order valence-electron chi connectivity index (χ3n) is 4.14. The Hall–Kier alpha value is -0.0800. The highest BCUT2D eigenvalue weighted by Gasteiger charge is 2.54. The SMILES string of the molecule is CCOC1CC(O)C12CCCCCC2. The van der Waals surface area contributed by atoms with E-state index in [0.717, 1.165) is 13.0 Å². The van der Waals surface area contributed by atoms with E-state index in [1.54, 1.807) is 0 Å². The third-order valence-corrected chi connectivity index (χ3v) is 4.14. The molecule has 0 aliphatic heterocycles. The van der Waals surface area contributed by atoms with Crippen LogP contribution in [0.2, 0.25) is 0 Å². The quantitative estimate of drug-likeness (QED) is 0.738. The summed E-state index contributed by atoms with van der Waals surface area (Å²) in [7, 11) is 0. The van der Waals surface area contributed by atoms with E-state index in [1.807, 2.05) is 0 Å². The second-order valence-electron chi connectivity index (χ2n) is 4.84. The van der Waals surface area contributed by atoms with Crippen LogP contribution in [0.3, 0.4) is 0 Å². The third kappa shape index (κ3) is 1.59. The van der Waals surface area contributed by atoms with E-state index in [4.69, 9.17) is 4.74 Å². The van der Waals surface area contributed by atoms with Crippen LogP contribution < -0.4 is 0 Å². The summed E-state index contributed by atoms with van der Waals surface area (Å²) in [4.78, 5) is 0. The van der Waals surface area contributed by atoms with Gasteiger partial charge in [0.15, 0.2) is 0 Å². The van der Waals surface area contributed by atoms with Gasteiger partial charge in [-0.15, -0.1) is 0 Å². The minimum Gasteiger partial charge on any atom is -0.392 e. The van der Waals surface area contributed by atoms with Crippen LogP contribution in [0.15, 0.2) is 0 Å². The molecule has 0 aromatic rings. The van der Waals surface area contributed by atoms with E-state index in [2.05, 4.69) is 6.92 Å². The minimum atomic E-state index is -0.0860. The van der Waals surface area contributed by atoms with Gasteiger partial charge in [-0.2, -0.15) is 0 Å². The topological polar surface area (TPSA) is 29.5 Å². The molecule has 2 rings (SSSR count). The highest BCUT2D eigenvalue weighted by atomic mass is 16.5. The summed E-state index contributed by atoms with van der Waals surface area (Å²) in [6, 6.07) is 0. The van der Waals surface area contributed by atoms with Crippen molar-refractivity contribution in [2.75, 3.05) is 6.61 Å². The van der Waals surface area contributed by atoms with E-state index in [-0.39, 0.29) is 11.5 Å². The molecule has 2 fully saturated rings. The van der Waals surface area contributed by atoms with Crippen LogP contribution in [0.1, 0.15) is 51.9 Å². The van der Waals surface area contributed by atoms with Crippen LogP contribution in [0.5, 0.6) is 0 Å². The van der Waals surface area contributed by atoms with Crippen LogP contribution in [0.4, 0.5) is 0 Å². The standard InChI is InChI=1S/C12H22O2/c1-2-14-11-9-10(13)12(11)7-5-3-4-6-8-12/h10-11,13H,2-9H2,1H3. The first-order valence-corrected chi connectivity index (χ1v) is 6.09. The Morgan fingerprint density at radius 2 is 1.86 bits per heavy atom. The van der Waals surface area contributed by atoms with Gasteiger partial charge in [0.1, 0.15) is 0 Å². The second kappa shape index (κ2) is 4.19. The molecule has 14 heavy (non-hydrogen) atoms. The zero-order valence-electron chi connectivity index (χ0n) is 9.17. The van der Waals surface area contributed by atoms with Crippen molar-refractivity contribution in [2.24, 2.45) is 5.41 Å². The molecule has 1 spiro atoms. The van der Waals surface area contributed by atoms with Crippen LogP contribution in [-0.2, 0) is 4.74 Å². The average Bonchev–Trinajstić information content (AvgIpc) is 2.44. The summed E-state index contributed by atoms with van der Waals surface area (Å²) < 4.78 is 5.74. The maximum Gasteiger partial charge on any atom is 0.0680 e. The Kier molecular flexibility index (Phi) is 3.13. The predicted molar refractivity (Wildman–Crippen MR) is 56.2 cm³/mol. The maximum atomic E-state index is 9.97. The van der Waals surface area contributed by atoms with Gasteiger partial charge in [-0.05, 0) is 19.8 Å². The van der Waals surface area contributed by atoms with Gasteiger partial charge in [0, 0.05) is 18.4 Å². The van der Waals surface area contributed by atoms with Crippen molar-refractivity contribution in [2.45, 2.75) is 64.1 Å². The highest BCUT2D eigenvalue weighted by Crippen LogP contribution is 2.52. The largest absolute Gasteiger partial charge is 0.392 e. The molecule has 2 aliphatic carbocycles. The van der Waals surface area contributed by atoms with Gasteiger partial charge < -0.3 is 9.84 Å². The smallest absolute Gasteiger partial charge is 0.0680 e. The molecule has 82 valence electrons. The molecule has 0 bridgehead atoms. The Labute approximate surface area is 86.6 Å². The Bertz CT molecular complexity index is 181. The number of aliphatic hydroxyl groups excluding tert-OH is 1. The molecule has 0 aromatic heterocycles. The van der Waals surface area contributed by atoms with E-state index in [1.165, 1.54) is 38.5 Å². The summed E-state index contributed by atoms with van der Waals surface area (Å²) in [6.07, 6.45) is 8.73. The lowest BCUT2D eigenvalue weighted by molar-refractivity contribution is -0.196. The van der Waals surface area contributed by atoms with Crippen LogP contribution in [0, 0.1) is 5.41 Å². The number of ether oxygens (including phenoxy) is 1. The zero-order chi connectivity index (χ0) is 10.0. The number of rotatable bonds is 2. The summed E-state index contributed by atoms with van der Waals surface area (Å²) in [5, 5.41) is 9.97. The molecule has 0 aromatic carbocycles. The number of aliphatic hydroxyl groups is 1. The van der Waals surface area contributed by atoms with Crippen molar-refractivity contribution in [1.82, 2.24) is 0 Å². The molecule has 0 radical (unpaired) electrons. The monoisotopic (exact) mass is 198 g/mol. The fourth-order valence-electron chi connectivity index (χ4n) is 3.20. The molecular formula is C12H22O2. The number of hydrogen-bond acceptors (Lipinski definition) is 2. The summed E-state index contributed by atoms with van der Waals surface area (Å²) >= 11 is 0. The Morgan fingerprint density at radius 3 is 2.36 bits per heavy atom. The fourth-order valence-corrected chi connectivity index (χ4v) is 3.20. The lowest BCUT2D eigenvalue weighted by Crippen LogP contribution is -2.58. The predicted octanol–water partition coefficient (Wildman–Crippen LogP) is 2.50. The van der Waals surface area contributed by atoms with Gasteiger partial charge in [0.25, 0.3) is 0 Å². The lowest BCUT2D eigenvalue weighted by atomic mass is 9.59. The maximum absolute atomic E-state index is 9.97. The summed E-state index contributed by atoms with van der Waals surface area (Å²) in [5.41, 5.74) is 0.145. The molecule has 0 amide bonds.